The van der Waals surface area contributed by atoms with Gasteiger partial charge in [-0.2, -0.15) is 5.10 Å². The summed E-state index contributed by atoms with van der Waals surface area (Å²) < 4.78 is 7.85. The zero-order valence-corrected chi connectivity index (χ0v) is 13.0. The molecule has 0 radical (unpaired) electrons. The topological polar surface area (TPSA) is 53.1 Å². The molecular formula is C15H20ClN3O. The number of aromatic nitrogens is 2. The largest absolute Gasteiger partial charge is 0.452 e. The van der Waals surface area contributed by atoms with Gasteiger partial charge in [0.2, 0.25) is 0 Å². The molecule has 2 aromatic rings. The van der Waals surface area contributed by atoms with Gasteiger partial charge in [-0.1, -0.05) is 23.7 Å². The number of halogens is 1. The molecule has 1 atom stereocenters. The average Bonchev–Trinajstić information content (AvgIpc) is 2.59. The minimum Gasteiger partial charge on any atom is -0.452 e. The van der Waals surface area contributed by atoms with Crippen LogP contribution in [0.3, 0.4) is 0 Å². The highest BCUT2D eigenvalue weighted by atomic mass is 35.5. The molecule has 4 nitrogen and oxygen atoms in total. The van der Waals surface area contributed by atoms with Crippen molar-refractivity contribution in [2.45, 2.75) is 33.2 Å². The molecular weight excluding hydrogens is 274 g/mol. The number of para-hydroxylation sites is 1. The molecule has 1 heterocycles. The van der Waals surface area contributed by atoms with Gasteiger partial charge in [-0.05, 0) is 38.8 Å². The summed E-state index contributed by atoms with van der Waals surface area (Å²) in [6.45, 7) is 5.85. The van der Waals surface area contributed by atoms with Crippen molar-refractivity contribution in [3.63, 3.8) is 0 Å². The van der Waals surface area contributed by atoms with E-state index in [1.54, 1.807) is 4.68 Å². The summed E-state index contributed by atoms with van der Waals surface area (Å²) in [4.78, 5) is 0. The van der Waals surface area contributed by atoms with Gasteiger partial charge in [-0.15, -0.1) is 0 Å². The van der Waals surface area contributed by atoms with Crippen LogP contribution in [0.5, 0.6) is 11.5 Å². The first-order chi connectivity index (χ1) is 9.40. The van der Waals surface area contributed by atoms with Crippen molar-refractivity contribution in [3.05, 3.63) is 40.2 Å². The van der Waals surface area contributed by atoms with Crippen molar-refractivity contribution >= 4 is 11.6 Å². The number of hydrogen-bond acceptors (Lipinski definition) is 3. The van der Waals surface area contributed by atoms with E-state index in [0.717, 1.165) is 22.7 Å². The Bertz CT molecular complexity index is 620. The number of ether oxygens (including phenoxy) is 1. The number of aryl methyl sites for hydroxylation is 2. The van der Waals surface area contributed by atoms with Crippen LogP contribution in [0.15, 0.2) is 18.2 Å². The van der Waals surface area contributed by atoms with E-state index in [2.05, 4.69) is 5.10 Å². The van der Waals surface area contributed by atoms with Crippen molar-refractivity contribution in [3.8, 4) is 11.5 Å². The molecule has 2 N–H and O–H groups in total. The monoisotopic (exact) mass is 293 g/mol. The number of nitrogens with two attached hydrogens (primary N) is 1. The van der Waals surface area contributed by atoms with Crippen LogP contribution >= 0.6 is 11.6 Å². The fourth-order valence-corrected chi connectivity index (χ4v) is 2.41. The third-order valence-corrected chi connectivity index (χ3v) is 3.53. The smallest absolute Gasteiger partial charge is 0.171 e. The fraction of sp³-hybridized carbons (Fsp3) is 0.400. The molecule has 2 rings (SSSR count). The highest BCUT2D eigenvalue weighted by Gasteiger charge is 2.16. The van der Waals surface area contributed by atoms with Gasteiger partial charge in [0.1, 0.15) is 11.4 Å². The predicted octanol–water partition coefficient (Wildman–Crippen LogP) is 3.37. The molecule has 5 heteroatoms. The van der Waals surface area contributed by atoms with Crippen LogP contribution in [0, 0.1) is 13.8 Å². The van der Waals surface area contributed by atoms with E-state index in [1.807, 2.05) is 46.0 Å². The van der Waals surface area contributed by atoms with Gasteiger partial charge in [0.05, 0.1) is 10.7 Å². The van der Waals surface area contributed by atoms with Gasteiger partial charge >= 0.3 is 0 Å². The van der Waals surface area contributed by atoms with Crippen molar-refractivity contribution in [1.82, 2.24) is 9.78 Å². The number of benzene rings is 1. The molecule has 0 aliphatic rings. The average molecular weight is 294 g/mol. The van der Waals surface area contributed by atoms with E-state index in [-0.39, 0.29) is 6.04 Å². The van der Waals surface area contributed by atoms with Crippen LogP contribution in [0.1, 0.15) is 23.9 Å². The highest BCUT2D eigenvalue weighted by Crippen LogP contribution is 2.36. The van der Waals surface area contributed by atoms with Crippen molar-refractivity contribution < 1.29 is 4.74 Å². The number of hydrogen-bond donors (Lipinski definition) is 1. The van der Waals surface area contributed by atoms with Gasteiger partial charge in [0.25, 0.3) is 0 Å². The van der Waals surface area contributed by atoms with Crippen LogP contribution < -0.4 is 10.5 Å². The van der Waals surface area contributed by atoms with Gasteiger partial charge < -0.3 is 10.5 Å². The Balaban J connectivity index is 2.42. The number of nitrogens with zero attached hydrogens (tertiary/aromatic N) is 2. The SMILES string of the molecule is Cc1nn(C)c(C)c1Oc1c(Cl)cccc1CC(C)N. The lowest BCUT2D eigenvalue weighted by molar-refractivity contribution is 0.466. The Morgan fingerprint density at radius 2 is 2.05 bits per heavy atom. The van der Waals surface area contributed by atoms with E-state index in [1.165, 1.54) is 0 Å². The van der Waals surface area contributed by atoms with E-state index in [4.69, 9.17) is 22.1 Å². The molecule has 0 fully saturated rings. The van der Waals surface area contributed by atoms with Crippen molar-refractivity contribution in [2.75, 3.05) is 0 Å². The first kappa shape index (κ1) is 14.9. The Morgan fingerprint density at radius 1 is 1.35 bits per heavy atom. The predicted molar refractivity (Wildman–Crippen MR) is 81.6 cm³/mol. The molecule has 0 saturated carbocycles. The van der Waals surface area contributed by atoms with Crippen LogP contribution in [-0.2, 0) is 13.5 Å². The maximum atomic E-state index is 6.28. The molecule has 0 saturated heterocycles. The molecule has 0 aliphatic heterocycles. The lowest BCUT2D eigenvalue weighted by Gasteiger charge is -2.14. The maximum Gasteiger partial charge on any atom is 0.171 e. The molecule has 0 aliphatic carbocycles. The zero-order chi connectivity index (χ0) is 14.9. The summed E-state index contributed by atoms with van der Waals surface area (Å²) in [6, 6.07) is 5.77. The standard InChI is InChI=1S/C15H20ClN3O/c1-9(17)8-12-6-5-7-13(16)15(12)20-14-10(2)18-19(4)11(14)3/h5-7,9H,8,17H2,1-4H3. The highest BCUT2D eigenvalue weighted by molar-refractivity contribution is 6.32. The van der Waals surface area contributed by atoms with Crippen LogP contribution in [0.2, 0.25) is 5.02 Å². The van der Waals surface area contributed by atoms with E-state index in [0.29, 0.717) is 17.2 Å². The molecule has 1 aromatic heterocycles. The Kier molecular flexibility index (Phi) is 4.35. The Hall–Kier alpha value is -1.52. The summed E-state index contributed by atoms with van der Waals surface area (Å²) in [7, 11) is 1.89. The second-order valence-electron chi connectivity index (χ2n) is 5.14. The van der Waals surface area contributed by atoms with Crippen LogP contribution in [0.25, 0.3) is 0 Å². The molecule has 0 amide bonds. The molecule has 108 valence electrons. The molecule has 1 unspecified atom stereocenters. The van der Waals surface area contributed by atoms with E-state index in [9.17, 15) is 0 Å². The molecule has 0 spiro atoms. The summed E-state index contributed by atoms with van der Waals surface area (Å²) in [5, 5.41) is 4.94. The Labute approximate surface area is 124 Å². The minimum absolute atomic E-state index is 0.0481. The number of rotatable bonds is 4. The summed E-state index contributed by atoms with van der Waals surface area (Å²) in [6.07, 6.45) is 0.717. The van der Waals surface area contributed by atoms with E-state index >= 15 is 0 Å². The lowest BCUT2D eigenvalue weighted by atomic mass is 10.1. The summed E-state index contributed by atoms with van der Waals surface area (Å²) in [5.74, 6) is 1.43. The first-order valence-corrected chi connectivity index (χ1v) is 6.99. The second-order valence-corrected chi connectivity index (χ2v) is 5.54. The summed E-state index contributed by atoms with van der Waals surface area (Å²) >= 11 is 6.28. The summed E-state index contributed by atoms with van der Waals surface area (Å²) in [5.41, 5.74) is 8.71. The van der Waals surface area contributed by atoms with Gasteiger partial charge in [-0.3, -0.25) is 4.68 Å². The van der Waals surface area contributed by atoms with Crippen LogP contribution in [-0.4, -0.2) is 15.8 Å². The van der Waals surface area contributed by atoms with Crippen LogP contribution in [0.4, 0.5) is 0 Å². The molecule has 0 bridgehead atoms. The first-order valence-electron chi connectivity index (χ1n) is 6.61. The minimum atomic E-state index is 0.0481. The third kappa shape index (κ3) is 2.97. The zero-order valence-electron chi connectivity index (χ0n) is 12.3. The van der Waals surface area contributed by atoms with Gasteiger partial charge in [0.15, 0.2) is 5.75 Å². The van der Waals surface area contributed by atoms with E-state index < -0.39 is 0 Å². The lowest BCUT2D eigenvalue weighted by Crippen LogP contribution is -2.18. The molecule has 20 heavy (non-hydrogen) atoms. The third-order valence-electron chi connectivity index (χ3n) is 3.24. The molecule has 1 aromatic carbocycles. The Morgan fingerprint density at radius 3 is 2.60 bits per heavy atom. The maximum absolute atomic E-state index is 6.28. The van der Waals surface area contributed by atoms with Crippen molar-refractivity contribution in [2.24, 2.45) is 12.8 Å². The van der Waals surface area contributed by atoms with Gasteiger partial charge in [0, 0.05) is 13.1 Å². The fourth-order valence-electron chi connectivity index (χ4n) is 2.18. The van der Waals surface area contributed by atoms with Gasteiger partial charge in [-0.25, -0.2) is 0 Å². The normalized spacial score (nSPS) is 12.5. The van der Waals surface area contributed by atoms with Crippen molar-refractivity contribution in [1.29, 1.82) is 0 Å². The second kappa shape index (κ2) is 5.85. The quantitative estimate of drug-likeness (QED) is 0.940.